The second kappa shape index (κ2) is 4.99. The predicted octanol–water partition coefficient (Wildman–Crippen LogP) is 4.16. The van der Waals surface area contributed by atoms with E-state index in [2.05, 4.69) is 42.9 Å². The van der Waals surface area contributed by atoms with Crippen LogP contribution in [-0.4, -0.2) is 22.6 Å². The maximum absolute atomic E-state index is 4.61. The first kappa shape index (κ1) is 12.6. The summed E-state index contributed by atoms with van der Waals surface area (Å²) in [5.41, 5.74) is 3.30. The van der Waals surface area contributed by atoms with Crippen LogP contribution in [0.2, 0.25) is 0 Å². The normalized spacial score (nSPS) is 25.9. The highest BCUT2D eigenvalue weighted by atomic mass is 79.9. The molecule has 0 aromatic carbocycles. The summed E-state index contributed by atoms with van der Waals surface area (Å²) in [5.74, 6) is 0.891. The maximum atomic E-state index is 4.61. The van der Waals surface area contributed by atoms with Crippen molar-refractivity contribution >= 4 is 32.7 Å². The van der Waals surface area contributed by atoms with Gasteiger partial charge in [-0.3, -0.25) is 9.97 Å². The molecule has 3 nitrogen and oxygen atoms in total. The molecular formula is C16H18BrN3. The minimum atomic E-state index is 0.722. The van der Waals surface area contributed by atoms with E-state index in [9.17, 15) is 0 Å². The van der Waals surface area contributed by atoms with E-state index in [-0.39, 0.29) is 0 Å². The van der Waals surface area contributed by atoms with Gasteiger partial charge in [0.05, 0.1) is 11.2 Å². The van der Waals surface area contributed by atoms with Gasteiger partial charge in [-0.05, 0) is 53.2 Å². The monoisotopic (exact) mass is 331 g/mol. The van der Waals surface area contributed by atoms with Gasteiger partial charge in [-0.25, -0.2) is 0 Å². The van der Waals surface area contributed by atoms with Gasteiger partial charge in [0.2, 0.25) is 0 Å². The molecule has 0 N–H and O–H groups in total. The highest BCUT2D eigenvalue weighted by molar-refractivity contribution is 9.10. The molecular weight excluding hydrogens is 314 g/mol. The van der Waals surface area contributed by atoms with Crippen LogP contribution in [0.15, 0.2) is 29.0 Å². The van der Waals surface area contributed by atoms with E-state index >= 15 is 0 Å². The van der Waals surface area contributed by atoms with E-state index in [4.69, 9.17) is 0 Å². The van der Waals surface area contributed by atoms with Gasteiger partial charge in [0.15, 0.2) is 0 Å². The molecule has 4 rings (SSSR count). The molecule has 4 heteroatoms. The number of anilines is 1. The highest BCUT2D eigenvalue weighted by Gasteiger charge is 2.36. The average Bonchev–Trinajstić information content (AvgIpc) is 2.90. The number of halogens is 1. The van der Waals surface area contributed by atoms with Crippen molar-refractivity contribution in [1.29, 1.82) is 0 Å². The molecule has 1 aliphatic carbocycles. The van der Waals surface area contributed by atoms with Crippen LogP contribution in [0, 0.1) is 5.92 Å². The Kier molecular flexibility index (Phi) is 3.14. The van der Waals surface area contributed by atoms with Crippen LogP contribution in [0.4, 0.5) is 5.69 Å². The minimum absolute atomic E-state index is 0.722. The lowest BCUT2D eigenvalue weighted by molar-refractivity contribution is 0.342. The van der Waals surface area contributed by atoms with Gasteiger partial charge >= 0.3 is 0 Å². The van der Waals surface area contributed by atoms with Crippen LogP contribution in [-0.2, 0) is 0 Å². The second-order valence-corrected chi connectivity index (χ2v) is 6.86. The smallest absolute Gasteiger partial charge is 0.112 e. The Labute approximate surface area is 127 Å². The number of nitrogens with zero attached hydrogens (tertiary/aromatic N) is 3. The van der Waals surface area contributed by atoms with Crippen molar-refractivity contribution in [3.8, 4) is 0 Å². The number of hydrogen-bond acceptors (Lipinski definition) is 3. The first-order chi connectivity index (χ1) is 9.83. The molecule has 1 saturated heterocycles. The van der Waals surface area contributed by atoms with Crippen LogP contribution in [0.5, 0.6) is 0 Å². The van der Waals surface area contributed by atoms with Crippen LogP contribution in [0.25, 0.3) is 11.0 Å². The van der Waals surface area contributed by atoms with Crippen LogP contribution in [0.1, 0.15) is 32.1 Å². The quantitative estimate of drug-likeness (QED) is 0.785. The van der Waals surface area contributed by atoms with E-state index < -0.39 is 0 Å². The average molecular weight is 332 g/mol. The lowest BCUT2D eigenvalue weighted by atomic mass is 9.85. The summed E-state index contributed by atoms with van der Waals surface area (Å²) in [5, 5.41) is 0. The second-order valence-electron chi connectivity index (χ2n) is 5.95. The van der Waals surface area contributed by atoms with Crippen LogP contribution < -0.4 is 4.90 Å². The van der Waals surface area contributed by atoms with Crippen molar-refractivity contribution in [3.63, 3.8) is 0 Å². The number of rotatable bonds is 1. The standard InChI is InChI=1S/C16H18BrN3/c17-12-9-13-16(19-10-12)15(5-7-18-13)20-8-6-11-3-1-2-4-14(11)20/h5,7,9-11,14H,1-4,6,8H2. The summed E-state index contributed by atoms with van der Waals surface area (Å²) in [7, 11) is 0. The van der Waals surface area contributed by atoms with Gasteiger partial charge in [0, 0.05) is 29.5 Å². The molecule has 0 bridgehead atoms. The number of pyridine rings is 2. The van der Waals surface area contributed by atoms with E-state index in [0.29, 0.717) is 0 Å². The fourth-order valence-electron chi connectivity index (χ4n) is 3.93. The molecule has 2 unspecified atom stereocenters. The Morgan fingerprint density at radius 3 is 3.00 bits per heavy atom. The van der Waals surface area contributed by atoms with Gasteiger partial charge in [-0.1, -0.05) is 12.8 Å². The summed E-state index contributed by atoms with van der Waals surface area (Å²) < 4.78 is 0.992. The topological polar surface area (TPSA) is 29.0 Å². The van der Waals surface area contributed by atoms with Crippen molar-refractivity contribution < 1.29 is 0 Å². The lowest BCUT2D eigenvalue weighted by Gasteiger charge is -2.33. The molecule has 0 spiro atoms. The highest BCUT2D eigenvalue weighted by Crippen LogP contribution is 2.40. The molecule has 2 aliphatic rings. The molecule has 104 valence electrons. The number of hydrogen-bond donors (Lipinski definition) is 0. The van der Waals surface area contributed by atoms with Crippen molar-refractivity contribution in [2.45, 2.75) is 38.1 Å². The number of fused-ring (bicyclic) bond motifs is 2. The zero-order chi connectivity index (χ0) is 13.5. The summed E-state index contributed by atoms with van der Waals surface area (Å²) >= 11 is 3.48. The first-order valence-electron chi connectivity index (χ1n) is 7.50. The van der Waals surface area contributed by atoms with Gasteiger partial charge in [-0.2, -0.15) is 0 Å². The Balaban J connectivity index is 1.78. The maximum Gasteiger partial charge on any atom is 0.112 e. The van der Waals surface area contributed by atoms with Crippen molar-refractivity contribution in [2.24, 2.45) is 5.92 Å². The van der Waals surface area contributed by atoms with Crippen LogP contribution in [0.3, 0.4) is 0 Å². The summed E-state index contributed by atoms with van der Waals surface area (Å²) in [6.45, 7) is 1.17. The molecule has 2 aromatic heterocycles. The fourth-order valence-corrected chi connectivity index (χ4v) is 4.25. The van der Waals surface area contributed by atoms with Gasteiger partial charge in [0.25, 0.3) is 0 Å². The van der Waals surface area contributed by atoms with Crippen LogP contribution >= 0.6 is 15.9 Å². The summed E-state index contributed by atoms with van der Waals surface area (Å²) in [4.78, 5) is 11.7. The lowest BCUT2D eigenvalue weighted by Crippen LogP contribution is -2.34. The van der Waals surface area contributed by atoms with Crippen molar-refractivity contribution in [3.05, 3.63) is 29.0 Å². The molecule has 1 saturated carbocycles. The Morgan fingerprint density at radius 2 is 2.05 bits per heavy atom. The van der Waals surface area contributed by atoms with Crippen molar-refractivity contribution in [2.75, 3.05) is 11.4 Å². The largest absolute Gasteiger partial charge is 0.366 e. The fraction of sp³-hybridized carbons (Fsp3) is 0.500. The Bertz CT molecular complexity index is 643. The van der Waals surface area contributed by atoms with E-state index in [1.165, 1.54) is 44.3 Å². The SMILES string of the molecule is Brc1cnc2c(N3CCC4CCCCC43)ccnc2c1. The van der Waals surface area contributed by atoms with E-state index in [1.807, 2.05) is 12.4 Å². The Morgan fingerprint density at radius 1 is 1.15 bits per heavy atom. The third kappa shape index (κ3) is 2.01. The van der Waals surface area contributed by atoms with Crippen molar-refractivity contribution in [1.82, 2.24) is 9.97 Å². The molecule has 0 radical (unpaired) electrons. The van der Waals surface area contributed by atoms with E-state index in [0.717, 1.165) is 27.5 Å². The first-order valence-corrected chi connectivity index (χ1v) is 8.29. The predicted molar refractivity (Wildman–Crippen MR) is 84.9 cm³/mol. The van der Waals surface area contributed by atoms with Gasteiger partial charge in [-0.15, -0.1) is 0 Å². The molecule has 1 aliphatic heterocycles. The van der Waals surface area contributed by atoms with E-state index in [1.54, 1.807) is 0 Å². The third-order valence-corrected chi connectivity index (χ3v) is 5.28. The number of aromatic nitrogens is 2. The van der Waals surface area contributed by atoms with Gasteiger partial charge < -0.3 is 4.90 Å². The molecule has 2 aromatic rings. The third-order valence-electron chi connectivity index (χ3n) is 4.84. The zero-order valence-corrected chi connectivity index (χ0v) is 13.0. The molecule has 2 fully saturated rings. The molecule has 0 amide bonds. The summed E-state index contributed by atoms with van der Waals surface area (Å²) in [6, 6.07) is 4.92. The molecule has 2 atom stereocenters. The zero-order valence-electron chi connectivity index (χ0n) is 11.4. The minimum Gasteiger partial charge on any atom is -0.366 e. The summed E-state index contributed by atoms with van der Waals surface area (Å²) in [6.07, 6.45) is 10.7. The Hall–Kier alpha value is -1.16. The van der Waals surface area contributed by atoms with Gasteiger partial charge in [0.1, 0.15) is 5.52 Å². The molecule has 20 heavy (non-hydrogen) atoms. The molecule has 3 heterocycles.